The molecule has 32 heavy (non-hydrogen) atoms. The summed E-state index contributed by atoms with van der Waals surface area (Å²) < 4.78 is 0.937. The number of aromatic amines is 1. The number of hydrogen-bond acceptors (Lipinski definition) is 5. The second-order valence-corrected chi connectivity index (χ2v) is 8.32. The summed E-state index contributed by atoms with van der Waals surface area (Å²) in [6.45, 7) is 4.83. The first-order chi connectivity index (χ1) is 15.5. The van der Waals surface area contributed by atoms with Gasteiger partial charge < -0.3 is 15.2 Å². The van der Waals surface area contributed by atoms with Crippen molar-refractivity contribution in [3.63, 3.8) is 0 Å². The summed E-state index contributed by atoms with van der Waals surface area (Å²) in [6.07, 6.45) is 0.798. The van der Waals surface area contributed by atoms with Crippen LogP contribution in [0, 0.1) is 0 Å². The van der Waals surface area contributed by atoms with Gasteiger partial charge in [-0.3, -0.25) is 19.1 Å². The highest BCUT2D eigenvalue weighted by Crippen LogP contribution is 2.20. The molecule has 1 fully saturated rings. The average molecular weight is 456 g/mol. The summed E-state index contributed by atoms with van der Waals surface area (Å²) >= 11 is 6.09. The van der Waals surface area contributed by atoms with E-state index in [1.54, 1.807) is 24.3 Å². The molecule has 2 heterocycles. The number of H-pyrrole nitrogens is 1. The maximum Gasteiger partial charge on any atom is 0.329 e. The number of carbonyl (C=O) groups is 1. The summed E-state index contributed by atoms with van der Waals surface area (Å²) in [7, 11) is 0. The number of piperazine rings is 1. The summed E-state index contributed by atoms with van der Waals surface area (Å²) in [4.78, 5) is 44.3. The van der Waals surface area contributed by atoms with Gasteiger partial charge in [-0.1, -0.05) is 29.8 Å². The fourth-order valence-corrected chi connectivity index (χ4v) is 4.16. The van der Waals surface area contributed by atoms with Crippen LogP contribution in [-0.2, 0) is 11.3 Å². The molecule has 0 radical (unpaired) electrons. The van der Waals surface area contributed by atoms with Gasteiger partial charge in [0.2, 0.25) is 5.91 Å². The topological polar surface area (TPSA) is 90.4 Å². The second kappa shape index (κ2) is 10.0. The number of fused-ring (bicyclic) bond motifs is 1. The summed E-state index contributed by atoms with van der Waals surface area (Å²) in [5, 5.41) is 3.94. The molecular formula is C23H26ClN5O3. The molecule has 168 valence electrons. The molecule has 1 aliphatic heterocycles. The van der Waals surface area contributed by atoms with Gasteiger partial charge in [0, 0.05) is 43.4 Å². The third-order valence-corrected chi connectivity index (χ3v) is 5.95. The van der Waals surface area contributed by atoms with E-state index < -0.39 is 11.2 Å². The predicted octanol–water partition coefficient (Wildman–Crippen LogP) is 1.67. The van der Waals surface area contributed by atoms with Crippen molar-refractivity contribution >= 4 is 34.1 Å². The van der Waals surface area contributed by atoms with Crippen LogP contribution in [0.5, 0.6) is 0 Å². The molecule has 0 saturated carbocycles. The van der Waals surface area contributed by atoms with Crippen LogP contribution >= 0.6 is 11.6 Å². The van der Waals surface area contributed by atoms with E-state index in [0.29, 0.717) is 17.4 Å². The smallest absolute Gasteiger partial charge is 0.329 e. The Morgan fingerprint density at radius 1 is 1.03 bits per heavy atom. The van der Waals surface area contributed by atoms with E-state index in [1.807, 2.05) is 18.2 Å². The van der Waals surface area contributed by atoms with E-state index >= 15 is 0 Å². The molecule has 2 N–H and O–H groups in total. The van der Waals surface area contributed by atoms with Crippen molar-refractivity contribution in [3.8, 4) is 0 Å². The number of para-hydroxylation sites is 1. The lowest BCUT2D eigenvalue weighted by Crippen LogP contribution is -2.47. The number of nitrogens with one attached hydrogen (secondary N) is 2. The maximum atomic E-state index is 12.5. The Kier molecular flexibility index (Phi) is 6.92. The molecule has 1 saturated heterocycles. The SMILES string of the molecule is O=C(Cn1c(=O)[nH]c2ccccc2c1=O)NCCCN1CCN(c2cccc(Cl)c2)CC1. The molecule has 1 aliphatic rings. The first-order valence-corrected chi connectivity index (χ1v) is 11.1. The highest BCUT2D eigenvalue weighted by atomic mass is 35.5. The molecule has 0 aliphatic carbocycles. The number of carbonyl (C=O) groups excluding carboxylic acids is 1. The van der Waals surface area contributed by atoms with Gasteiger partial charge >= 0.3 is 5.69 Å². The zero-order chi connectivity index (χ0) is 22.5. The Balaban J connectivity index is 1.21. The number of halogens is 1. The zero-order valence-electron chi connectivity index (χ0n) is 17.7. The van der Waals surface area contributed by atoms with Gasteiger partial charge in [-0.05, 0) is 43.3 Å². The van der Waals surface area contributed by atoms with Crippen LogP contribution < -0.4 is 21.5 Å². The van der Waals surface area contributed by atoms with Crippen LogP contribution in [0.1, 0.15) is 6.42 Å². The summed E-state index contributed by atoms with van der Waals surface area (Å²) in [5.41, 5.74) is 0.566. The monoisotopic (exact) mass is 455 g/mol. The van der Waals surface area contributed by atoms with Crippen molar-refractivity contribution in [1.29, 1.82) is 0 Å². The molecule has 0 atom stereocenters. The van der Waals surface area contributed by atoms with E-state index in [9.17, 15) is 14.4 Å². The van der Waals surface area contributed by atoms with Gasteiger partial charge in [-0.15, -0.1) is 0 Å². The lowest BCUT2D eigenvalue weighted by Gasteiger charge is -2.36. The molecule has 2 aromatic carbocycles. The Morgan fingerprint density at radius 2 is 1.81 bits per heavy atom. The van der Waals surface area contributed by atoms with E-state index in [-0.39, 0.29) is 12.5 Å². The molecule has 8 nitrogen and oxygen atoms in total. The zero-order valence-corrected chi connectivity index (χ0v) is 18.5. The molecule has 1 amide bonds. The van der Waals surface area contributed by atoms with Gasteiger partial charge in [-0.2, -0.15) is 0 Å². The van der Waals surface area contributed by atoms with Gasteiger partial charge in [0.25, 0.3) is 5.56 Å². The summed E-state index contributed by atoms with van der Waals surface area (Å²) in [6, 6.07) is 14.7. The van der Waals surface area contributed by atoms with Crippen LogP contribution in [0.15, 0.2) is 58.1 Å². The Hall–Kier alpha value is -3.10. The lowest BCUT2D eigenvalue weighted by molar-refractivity contribution is -0.121. The molecule has 0 spiro atoms. The number of aromatic nitrogens is 2. The molecule has 3 aromatic rings. The van der Waals surface area contributed by atoms with Gasteiger partial charge in [0.1, 0.15) is 6.54 Å². The highest BCUT2D eigenvalue weighted by Gasteiger charge is 2.17. The normalized spacial score (nSPS) is 14.6. The number of amides is 1. The molecule has 4 rings (SSSR count). The first-order valence-electron chi connectivity index (χ1n) is 10.7. The lowest BCUT2D eigenvalue weighted by atomic mass is 10.2. The minimum Gasteiger partial charge on any atom is -0.369 e. The van der Waals surface area contributed by atoms with Gasteiger partial charge in [0.05, 0.1) is 10.9 Å². The Labute approximate surface area is 190 Å². The maximum absolute atomic E-state index is 12.5. The second-order valence-electron chi connectivity index (χ2n) is 7.88. The highest BCUT2D eigenvalue weighted by molar-refractivity contribution is 6.30. The van der Waals surface area contributed by atoms with Crippen molar-refractivity contribution in [1.82, 2.24) is 19.8 Å². The predicted molar refractivity (Wildman–Crippen MR) is 127 cm³/mol. The van der Waals surface area contributed by atoms with Crippen molar-refractivity contribution < 1.29 is 4.79 Å². The molecule has 0 bridgehead atoms. The van der Waals surface area contributed by atoms with E-state index in [0.717, 1.165) is 54.4 Å². The number of benzene rings is 2. The average Bonchev–Trinajstić information content (AvgIpc) is 2.80. The summed E-state index contributed by atoms with van der Waals surface area (Å²) in [5.74, 6) is -0.348. The van der Waals surface area contributed by atoms with Crippen molar-refractivity contribution in [2.75, 3.05) is 44.2 Å². The largest absolute Gasteiger partial charge is 0.369 e. The van der Waals surface area contributed by atoms with Crippen LogP contribution in [-0.4, -0.2) is 59.6 Å². The number of rotatable bonds is 7. The van der Waals surface area contributed by atoms with Crippen molar-refractivity contribution in [3.05, 3.63) is 74.4 Å². The fraction of sp³-hybridized carbons (Fsp3) is 0.348. The van der Waals surface area contributed by atoms with Crippen LogP contribution in [0.3, 0.4) is 0 Å². The molecule has 9 heteroatoms. The molecule has 0 unspecified atom stereocenters. The first kappa shape index (κ1) is 22.1. The minimum absolute atomic E-state index is 0.294. The van der Waals surface area contributed by atoms with E-state index in [2.05, 4.69) is 26.2 Å². The van der Waals surface area contributed by atoms with Crippen molar-refractivity contribution in [2.45, 2.75) is 13.0 Å². The Morgan fingerprint density at radius 3 is 2.59 bits per heavy atom. The quantitative estimate of drug-likeness (QED) is 0.529. The number of anilines is 1. The van der Waals surface area contributed by atoms with E-state index in [4.69, 9.17) is 11.6 Å². The Bertz CT molecular complexity index is 1210. The van der Waals surface area contributed by atoms with Gasteiger partial charge in [-0.25, -0.2) is 4.79 Å². The van der Waals surface area contributed by atoms with Crippen LogP contribution in [0.25, 0.3) is 10.9 Å². The van der Waals surface area contributed by atoms with Crippen LogP contribution in [0.2, 0.25) is 5.02 Å². The standard InChI is InChI=1S/C23H26ClN5O3/c24-17-5-3-6-18(15-17)28-13-11-27(12-14-28)10-4-9-25-21(30)16-29-22(31)19-7-1-2-8-20(19)26-23(29)32/h1-3,5-8,15H,4,9-14,16H2,(H,25,30)(H,26,32). The fourth-order valence-electron chi connectivity index (χ4n) is 3.98. The van der Waals surface area contributed by atoms with Crippen LogP contribution in [0.4, 0.5) is 5.69 Å². The number of hydrogen-bond donors (Lipinski definition) is 2. The molecular weight excluding hydrogens is 430 g/mol. The minimum atomic E-state index is -0.582. The van der Waals surface area contributed by atoms with Gasteiger partial charge in [0.15, 0.2) is 0 Å². The third kappa shape index (κ3) is 5.20. The molecule has 1 aromatic heterocycles. The number of nitrogens with zero attached hydrogens (tertiary/aromatic N) is 3. The van der Waals surface area contributed by atoms with Crippen molar-refractivity contribution in [2.24, 2.45) is 0 Å². The van der Waals surface area contributed by atoms with E-state index in [1.165, 1.54) is 0 Å². The third-order valence-electron chi connectivity index (χ3n) is 5.71.